The zero-order chi connectivity index (χ0) is 14.5. The molecular formula is C15H21N3OS. The van der Waals surface area contributed by atoms with Gasteiger partial charge in [0.1, 0.15) is 11.4 Å². The van der Waals surface area contributed by atoms with Crippen LogP contribution in [0.4, 0.5) is 0 Å². The Morgan fingerprint density at radius 3 is 2.60 bits per heavy atom. The Morgan fingerprint density at radius 2 is 2.05 bits per heavy atom. The van der Waals surface area contributed by atoms with E-state index in [1.54, 1.807) is 16.0 Å². The quantitative estimate of drug-likeness (QED) is 0.818. The fraction of sp³-hybridized carbons (Fsp3) is 0.467. The van der Waals surface area contributed by atoms with Gasteiger partial charge in [-0.2, -0.15) is 5.10 Å². The van der Waals surface area contributed by atoms with Gasteiger partial charge in [0.2, 0.25) is 0 Å². The smallest absolute Gasteiger partial charge is 0.272 e. The Balaban J connectivity index is 2.25. The molecule has 2 rings (SSSR count). The maximum absolute atomic E-state index is 12.6. The zero-order valence-electron chi connectivity index (χ0n) is 12.3. The van der Waals surface area contributed by atoms with Crippen LogP contribution in [0.25, 0.3) is 10.6 Å². The summed E-state index contributed by atoms with van der Waals surface area (Å²) in [4.78, 5) is 15.6. The van der Waals surface area contributed by atoms with Gasteiger partial charge in [-0.15, -0.1) is 11.3 Å². The van der Waals surface area contributed by atoms with Gasteiger partial charge >= 0.3 is 0 Å². The molecule has 108 valence electrons. The Bertz CT molecular complexity index is 554. The molecule has 1 amide bonds. The summed E-state index contributed by atoms with van der Waals surface area (Å²) in [6.45, 7) is 5.78. The van der Waals surface area contributed by atoms with Gasteiger partial charge in [-0.05, 0) is 30.4 Å². The second-order valence-corrected chi connectivity index (χ2v) is 5.76. The van der Waals surface area contributed by atoms with Crippen molar-refractivity contribution in [2.75, 3.05) is 13.1 Å². The van der Waals surface area contributed by atoms with Crippen molar-refractivity contribution in [3.05, 3.63) is 29.3 Å². The highest BCUT2D eigenvalue weighted by atomic mass is 32.1. The third-order valence-electron chi connectivity index (χ3n) is 3.15. The first-order valence-electron chi connectivity index (χ1n) is 7.04. The van der Waals surface area contributed by atoms with E-state index in [-0.39, 0.29) is 5.91 Å². The van der Waals surface area contributed by atoms with Crippen molar-refractivity contribution in [3.63, 3.8) is 0 Å². The van der Waals surface area contributed by atoms with E-state index in [1.165, 1.54) is 0 Å². The number of hydrogen-bond acceptors (Lipinski definition) is 3. The summed E-state index contributed by atoms with van der Waals surface area (Å²) in [7, 11) is 1.83. The van der Waals surface area contributed by atoms with Gasteiger partial charge < -0.3 is 4.90 Å². The lowest BCUT2D eigenvalue weighted by atomic mass is 10.2. The van der Waals surface area contributed by atoms with E-state index >= 15 is 0 Å². The van der Waals surface area contributed by atoms with E-state index in [2.05, 4.69) is 18.9 Å². The first kappa shape index (κ1) is 14.8. The van der Waals surface area contributed by atoms with Crippen LogP contribution in [-0.4, -0.2) is 33.7 Å². The molecule has 0 fully saturated rings. The van der Waals surface area contributed by atoms with E-state index in [9.17, 15) is 4.79 Å². The van der Waals surface area contributed by atoms with E-state index in [0.29, 0.717) is 5.69 Å². The van der Waals surface area contributed by atoms with E-state index < -0.39 is 0 Å². The number of thiophene rings is 1. The third-order valence-corrected chi connectivity index (χ3v) is 4.04. The van der Waals surface area contributed by atoms with Crippen LogP contribution in [-0.2, 0) is 7.05 Å². The predicted octanol–water partition coefficient (Wildman–Crippen LogP) is 3.41. The third kappa shape index (κ3) is 3.10. The predicted molar refractivity (Wildman–Crippen MR) is 83.0 cm³/mol. The van der Waals surface area contributed by atoms with E-state index in [4.69, 9.17) is 0 Å². The molecule has 0 radical (unpaired) electrons. The number of amides is 1. The fourth-order valence-corrected chi connectivity index (χ4v) is 2.91. The molecule has 0 atom stereocenters. The number of aryl methyl sites for hydroxylation is 1. The van der Waals surface area contributed by atoms with Gasteiger partial charge in [0.05, 0.1) is 4.88 Å². The standard InChI is InChI=1S/C15H21N3OS/c1-4-8-18(9-5-2)15(19)13-11-12(16-17(13)3)14-7-6-10-20-14/h6-7,10-11H,4-5,8-9H2,1-3H3. The van der Waals surface area contributed by atoms with Crippen molar-refractivity contribution >= 4 is 17.2 Å². The van der Waals surface area contributed by atoms with Crippen LogP contribution in [0.3, 0.4) is 0 Å². The zero-order valence-corrected chi connectivity index (χ0v) is 13.1. The number of aromatic nitrogens is 2. The average molecular weight is 291 g/mol. The monoisotopic (exact) mass is 291 g/mol. The highest BCUT2D eigenvalue weighted by Crippen LogP contribution is 2.24. The molecule has 0 unspecified atom stereocenters. The van der Waals surface area contributed by atoms with Crippen LogP contribution >= 0.6 is 11.3 Å². The Morgan fingerprint density at radius 1 is 1.35 bits per heavy atom. The molecule has 2 aromatic rings. The molecule has 0 aliphatic heterocycles. The molecule has 2 aromatic heterocycles. The lowest BCUT2D eigenvalue weighted by molar-refractivity contribution is 0.0744. The summed E-state index contributed by atoms with van der Waals surface area (Å²) in [6.07, 6.45) is 1.95. The average Bonchev–Trinajstić information content (AvgIpc) is 3.06. The summed E-state index contributed by atoms with van der Waals surface area (Å²) in [5, 5.41) is 6.48. The van der Waals surface area contributed by atoms with Crippen molar-refractivity contribution in [1.29, 1.82) is 0 Å². The number of rotatable bonds is 6. The largest absolute Gasteiger partial charge is 0.337 e. The van der Waals surface area contributed by atoms with Crippen molar-refractivity contribution < 1.29 is 4.79 Å². The highest BCUT2D eigenvalue weighted by molar-refractivity contribution is 7.13. The summed E-state index contributed by atoms with van der Waals surface area (Å²) in [5.41, 5.74) is 1.54. The topological polar surface area (TPSA) is 38.1 Å². The van der Waals surface area contributed by atoms with Crippen LogP contribution in [0.1, 0.15) is 37.2 Å². The van der Waals surface area contributed by atoms with Crippen molar-refractivity contribution in [3.8, 4) is 10.6 Å². The first-order valence-corrected chi connectivity index (χ1v) is 7.92. The molecule has 4 nitrogen and oxygen atoms in total. The minimum atomic E-state index is 0.0755. The van der Waals surface area contributed by atoms with Crippen molar-refractivity contribution in [2.24, 2.45) is 7.05 Å². The van der Waals surface area contributed by atoms with Crippen LogP contribution in [0, 0.1) is 0 Å². The second kappa shape index (κ2) is 6.70. The summed E-state index contributed by atoms with van der Waals surface area (Å²) in [6, 6.07) is 5.92. The maximum Gasteiger partial charge on any atom is 0.272 e. The molecule has 0 aromatic carbocycles. The van der Waals surface area contributed by atoms with Gasteiger partial charge in [0.15, 0.2) is 0 Å². The van der Waals surface area contributed by atoms with Crippen LogP contribution in [0.5, 0.6) is 0 Å². The van der Waals surface area contributed by atoms with Crippen LogP contribution in [0.15, 0.2) is 23.6 Å². The molecular weight excluding hydrogens is 270 g/mol. The normalized spacial score (nSPS) is 10.8. The number of carbonyl (C=O) groups is 1. The maximum atomic E-state index is 12.6. The van der Waals surface area contributed by atoms with Crippen molar-refractivity contribution in [1.82, 2.24) is 14.7 Å². The Kier molecular flexibility index (Phi) is 4.95. The van der Waals surface area contributed by atoms with Crippen LogP contribution < -0.4 is 0 Å². The molecule has 0 N–H and O–H groups in total. The van der Waals surface area contributed by atoms with Gasteiger partial charge in [-0.1, -0.05) is 19.9 Å². The molecule has 0 aliphatic carbocycles. The van der Waals surface area contributed by atoms with Gasteiger partial charge in [-0.3, -0.25) is 9.48 Å². The summed E-state index contributed by atoms with van der Waals surface area (Å²) in [5.74, 6) is 0.0755. The molecule has 2 heterocycles. The first-order chi connectivity index (χ1) is 9.67. The minimum absolute atomic E-state index is 0.0755. The summed E-state index contributed by atoms with van der Waals surface area (Å²) >= 11 is 1.64. The molecule has 0 bridgehead atoms. The molecule has 0 aliphatic rings. The fourth-order valence-electron chi connectivity index (χ4n) is 2.23. The SMILES string of the molecule is CCCN(CCC)C(=O)c1cc(-c2cccs2)nn1C. The Labute approximate surface area is 124 Å². The second-order valence-electron chi connectivity index (χ2n) is 4.81. The lowest BCUT2D eigenvalue weighted by Gasteiger charge is -2.21. The summed E-state index contributed by atoms with van der Waals surface area (Å²) < 4.78 is 1.69. The van der Waals surface area contributed by atoms with Gasteiger partial charge in [0.25, 0.3) is 5.91 Å². The minimum Gasteiger partial charge on any atom is -0.337 e. The highest BCUT2D eigenvalue weighted by Gasteiger charge is 2.19. The van der Waals surface area contributed by atoms with Gasteiger partial charge in [-0.25, -0.2) is 0 Å². The van der Waals surface area contributed by atoms with Crippen LogP contribution in [0.2, 0.25) is 0 Å². The number of nitrogens with zero attached hydrogens (tertiary/aromatic N) is 3. The molecule has 0 saturated heterocycles. The number of hydrogen-bond donors (Lipinski definition) is 0. The van der Waals surface area contributed by atoms with Gasteiger partial charge in [0, 0.05) is 20.1 Å². The molecule has 20 heavy (non-hydrogen) atoms. The number of carbonyl (C=O) groups excluding carboxylic acids is 1. The Hall–Kier alpha value is -1.62. The lowest BCUT2D eigenvalue weighted by Crippen LogP contribution is -2.33. The molecule has 0 spiro atoms. The van der Waals surface area contributed by atoms with E-state index in [1.807, 2.05) is 35.5 Å². The molecule has 0 saturated carbocycles. The van der Waals surface area contributed by atoms with Crippen molar-refractivity contribution in [2.45, 2.75) is 26.7 Å². The molecule has 5 heteroatoms. The van der Waals surface area contributed by atoms with E-state index in [0.717, 1.165) is 36.5 Å².